The zero-order valence-corrected chi connectivity index (χ0v) is 11.3. The minimum atomic E-state index is 0.314. The first kappa shape index (κ1) is 12.6. The fraction of sp³-hybridized carbons (Fsp3) is 0.692. The molecule has 4 heteroatoms. The molecule has 1 aromatic heterocycles. The van der Waals surface area contributed by atoms with E-state index in [4.69, 9.17) is 11.6 Å². The molecular formula is C13H20ClN3. The number of aryl methyl sites for hydroxylation is 2. The lowest BCUT2D eigenvalue weighted by Crippen LogP contribution is -2.27. The maximum absolute atomic E-state index is 6.34. The minimum absolute atomic E-state index is 0.314. The summed E-state index contributed by atoms with van der Waals surface area (Å²) in [6.45, 7) is 4.85. The molecule has 1 aromatic rings. The first-order valence-electron chi connectivity index (χ1n) is 6.35. The average molecular weight is 254 g/mol. The summed E-state index contributed by atoms with van der Waals surface area (Å²) in [6.07, 6.45) is 6.74. The van der Waals surface area contributed by atoms with Gasteiger partial charge in [-0.05, 0) is 32.6 Å². The molecule has 1 heterocycles. The molecule has 0 aliphatic heterocycles. The molecular weight excluding hydrogens is 234 g/mol. The highest BCUT2D eigenvalue weighted by atomic mass is 35.5. The van der Waals surface area contributed by atoms with Crippen LogP contribution in [0.1, 0.15) is 37.1 Å². The van der Waals surface area contributed by atoms with E-state index in [9.17, 15) is 0 Å². The van der Waals surface area contributed by atoms with Crippen molar-refractivity contribution in [2.24, 2.45) is 5.92 Å². The van der Waals surface area contributed by atoms with E-state index in [0.717, 1.165) is 30.2 Å². The van der Waals surface area contributed by atoms with E-state index in [1.807, 2.05) is 13.8 Å². The number of hydrogen-bond donors (Lipinski definition) is 1. The van der Waals surface area contributed by atoms with Gasteiger partial charge in [0.2, 0.25) is 0 Å². The lowest BCUT2D eigenvalue weighted by molar-refractivity contribution is 0.380. The number of nitrogens with one attached hydrogen (secondary N) is 1. The summed E-state index contributed by atoms with van der Waals surface area (Å²) in [6, 6.07) is 0. The molecule has 0 aromatic carbocycles. The van der Waals surface area contributed by atoms with Crippen LogP contribution in [0.25, 0.3) is 0 Å². The van der Waals surface area contributed by atoms with Gasteiger partial charge in [-0.2, -0.15) is 0 Å². The van der Waals surface area contributed by atoms with Gasteiger partial charge in [-0.3, -0.25) is 4.98 Å². The normalized spacial score (nSPS) is 24.6. The third-order valence-corrected chi connectivity index (χ3v) is 4.00. The van der Waals surface area contributed by atoms with Crippen LogP contribution in [0.2, 0.25) is 0 Å². The molecule has 0 spiro atoms. The summed E-state index contributed by atoms with van der Waals surface area (Å²) >= 11 is 6.34. The number of aromatic nitrogens is 2. The van der Waals surface area contributed by atoms with Crippen LogP contribution in [0.4, 0.5) is 5.82 Å². The number of anilines is 1. The summed E-state index contributed by atoms with van der Waals surface area (Å²) in [5.41, 5.74) is 1.90. The smallest absolute Gasteiger partial charge is 0.147 e. The molecule has 0 amide bonds. The van der Waals surface area contributed by atoms with E-state index < -0.39 is 0 Å². The van der Waals surface area contributed by atoms with Crippen LogP contribution in [-0.4, -0.2) is 21.9 Å². The van der Waals surface area contributed by atoms with Gasteiger partial charge in [0.15, 0.2) is 0 Å². The van der Waals surface area contributed by atoms with Gasteiger partial charge in [0, 0.05) is 18.1 Å². The minimum Gasteiger partial charge on any atom is -0.368 e. The summed E-state index contributed by atoms with van der Waals surface area (Å²) in [5, 5.41) is 3.71. The monoisotopic (exact) mass is 253 g/mol. The Kier molecular flexibility index (Phi) is 4.21. The predicted octanol–water partition coefficient (Wildman–Crippen LogP) is 3.30. The lowest BCUT2D eigenvalue weighted by atomic mass is 9.89. The highest BCUT2D eigenvalue weighted by molar-refractivity contribution is 6.20. The molecule has 94 valence electrons. The summed E-state index contributed by atoms with van der Waals surface area (Å²) in [7, 11) is 0. The number of halogens is 1. The van der Waals surface area contributed by atoms with Gasteiger partial charge in [-0.1, -0.05) is 12.8 Å². The molecule has 3 nitrogen and oxygen atoms in total. The Balaban J connectivity index is 1.94. The van der Waals surface area contributed by atoms with E-state index in [0.29, 0.717) is 11.3 Å². The van der Waals surface area contributed by atoms with Crippen molar-refractivity contribution in [2.45, 2.75) is 44.9 Å². The Morgan fingerprint density at radius 3 is 2.88 bits per heavy atom. The topological polar surface area (TPSA) is 37.8 Å². The molecule has 17 heavy (non-hydrogen) atoms. The quantitative estimate of drug-likeness (QED) is 0.840. The van der Waals surface area contributed by atoms with E-state index in [-0.39, 0.29) is 0 Å². The molecule has 1 N–H and O–H groups in total. The fourth-order valence-corrected chi connectivity index (χ4v) is 2.69. The SMILES string of the molecule is Cc1cnc(C)c(NCC2CCCCC2Cl)n1. The van der Waals surface area contributed by atoms with E-state index in [1.165, 1.54) is 19.3 Å². The van der Waals surface area contributed by atoms with Crippen LogP contribution in [0, 0.1) is 19.8 Å². The van der Waals surface area contributed by atoms with Crippen LogP contribution >= 0.6 is 11.6 Å². The van der Waals surface area contributed by atoms with Crippen molar-refractivity contribution in [3.05, 3.63) is 17.6 Å². The third kappa shape index (κ3) is 3.32. The highest BCUT2D eigenvalue weighted by Gasteiger charge is 2.23. The van der Waals surface area contributed by atoms with Crippen molar-refractivity contribution in [3.8, 4) is 0 Å². The Hall–Kier alpha value is -0.830. The molecule has 1 aliphatic carbocycles. The van der Waals surface area contributed by atoms with Gasteiger partial charge < -0.3 is 5.32 Å². The van der Waals surface area contributed by atoms with Crippen molar-refractivity contribution in [3.63, 3.8) is 0 Å². The Labute approximate surface area is 108 Å². The number of alkyl halides is 1. The molecule has 0 radical (unpaired) electrons. The average Bonchev–Trinajstić information content (AvgIpc) is 2.32. The fourth-order valence-electron chi connectivity index (χ4n) is 2.33. The highest BCUT2D eigenvalue weighted by Crippen LogP contribution is 2.28. The second-order valence-electron chi connectivity index (χ2n) is 4.89. The molecule has 0 saturated heterocycles. The van der Waals surface area contributed by atoms with Crippen LogP contribution in [0.3, 0.4) is 0 Å². The van der Waals surface area contributed by atoms with Crippen LogP contribution in [0.15, 0.2) is 6.20 Å². The van der Waals surface area contributed by atoms with Crippen molar-refractivity contribution in [1.82, 2.24) is 9.97 Å². The van der Waals surface area contributed by atoms with E-state index >= 15 is 0 Å². The van der Waals surface area contributed by atoms with E-state index in [2.05, 4.69) is 15.3 Å². The molecule has 1 saturated carbocycles. The van der Waals surface area contributed by atoms with Crippen LogP contribution in [-0.2, 0) is 0 Å². The number of rotatable bonds is 3. The van der Waals surface area contributed by atoms with Gasteiger partial charge >= 0.3 is 0 Å². The van der Waals surface area contributed by atoms with Gasteiger partial charge in [-0.25, -0.2) is 4.98 Å². The zero-order valence-electron chi connectivity index (χ0n) is 10.5. The first-order valence-corrected chi connectivity index (χ1v) is 6.78. The molecule has 2 rings (SSSR count). The maximum atomic E-state index is 6.34. The van der Waals surface area contributed by atoms with Gasteiger partial charge in [0.1, 0.15) is 5.82 Å². The van der Waals surface area contributed by atoms with Crippen molar-refractivity contribution in [2.75, 3.05) is 11.9 Å². The molecule has 2 unspecified atom stereocenters. The summed E-state index contributed by atoms with van der Waals surface area (Å²) in [5.74, 6) is 1.46. The van der Waals surface area contributed by atoms with Crippen LogP contribution in [0.5, 0.6) is 0 Å². The first-order chi connectivity index (χ1) is 8.16. The second kappa shape index (κ2) is 5.67. The summed E-state index contributed by atoms with van der Waals surface area (Å²) < 4.78 is 0. The second-order valence-corrected chi connectivity index (χ2v) is 5.45. The van der Waals surface area contributed by atoms with Crippen LogP contribution < -0.4 is 5.32 Å². The Bertz CT molecular complexity index is 381. The maximum Gasteiger partial charge on any atom is 0.147 e. The molecule has 1 aliphatic rings. The molecule has 2 atom stereocenters. The largest absolute Gasteiger partial charge is 0.368 e. The predicted molar refractivity (Wildman–Crippen MR) is 71.6 cm³/mol. The van der Waals surface area contributed by atoms with Gasteiger partial charge in [0.05, 0.1) is 11.4 Å². The summed E-state index contributed by atoms with van der Waals surface area (Å²) in [4.78, 5) is 8.77. The standard InChI is InChI=1S/C13H20ClN3/c1-9-7-15-10(2)13(17-9)16-8-11-5-3-4-6-12(11)14/h7,11-12H,3-6,8H2,1-2H3,(H,16,17). The molecule has 1 fully saturated rings. The third-order valence-electron chi connectivity index (χ3n) is 3.42. The van der Waals surface area contributed by atoms with Crippen molar-refractivity contribution < 1.29 is 0 Å². The van der Waals surface area contributed by atoms with E-state index in [1.54, 1.807) is 6.20 Å². The Morgan fingerprint density at radius 1 is 1.35 bits per heavy atom. The Morgan fingerprint density at radius 2 is 2.12 bits per heavy atom. The lowest BCUT2D eigenvalue weighted by Gasteiger charge is -2.27. The van der Waals surface area contributed by atoms with Crippen molar-refractivity contribution in [1.29, 1.82) is 0 Å². The van der Waals surface area contributed by atoms with Crippen molar-refractivity contribution >= 4 is 17.4 Å². The van der Waals surface area contributed by atoms with Gasteiger partial charge in [-0.15, -0.1) is 11.6 Å². The van der Waals surface area contributed by atoms with Gasteiger partial charge in [0.25, 0.3) is 0 Å². The number of hydrogen-bond acceptors (Lipinski definition) is 3. The molecule has 0 bridgehead atoms. The number of nitrogens with zero attached hydrogens (tertiary/aromatic N) is 2. The zero-order chi connectivity index (χ0) is 12.3.